The third-order valence-electron chi connectivity index (χ3n) is 4.58. The van der Waals surface area contributed by atoms with Crippen LogP contribution in [0.2, 0.25) is 0 Å². The maximum Gasteiger partial charge on any atom is 0.265 e. The molecule has 146 valence electrons. The maximum atomic E-state index is 13.1. The van der Waals surface area contributed by atoms with Crippen LogP contribution in [0, 0.1) is 6.92 Å². The molecule has 0 saturated carbocycles. The predicted molar refractivity (Wildman–Crippen MR) is 109 cm³/mol. The topological polar surface area (TPSA) is 94.7 Å². The second kappa shape index (κ2) is 6.73. The van der Waals surface area contributed by atoms with Crippen molar-refractivity contribution < 1.29 is 4.79 Å². The van der Waals surface area contributed by atoms with E-state index in [2.05, 4.69) is 20.4 Å². The van der Waals surface area contributed by atoms with Crippen LogP contribution >= 0.6 is 11.8 Å². The third kappa shape index (κ3) is 3.30. The Balaban J connectivity index is 1.62. The number of pyridine rings is 1. The SMILES string of the molecule is Cc1cccc(NC(=O)CC2CSc3nc4c(cnn4C(C)(C)C)c(=O)n32)n1. The van der Waals surface area contributed by atoms with Crippen LogP contribution in [0.1, 0.15) is 38.9 Å². The molecule has 8 nitrogen and oxygen atoms in total. The average Bonchev–Trinajstić information content (AvgIpc) is 3.19. The number of aromatic nitrogens is 5. The van der Waals surface area contributed by atoms with Crippen molar-refractivity contribution in [3.63, 3.8) is 0 Å². The highest BCUT2D eigenvalue weighted by atomic mass is 32.2. The minimum atomic E-state index is -0.274. The van der Waals surface area contributed by atoms with Crippen LogP contribution in [0.4, 0.5) is 5.82 Å². The van der Waals surface area contributed by atoms with E-state index in [4.69, 9.17) is 0 Å². The van der Waals surface area contributed by atoms with E-state index in [1.54, 1.807) is 21.5 Å². The number of hydrogen-bond acceptors (Lipinski definition) is 6. The molecule has 4 rings (SSSR count). The molecule has 1 amide bonds. The van der Waals surface area contributed by atoms with Gasteiger partial charge >= 0.3 is 0 Å². The zero-order valence-corrected chi connectivity index (χ0v) is 17.1. The van der Waals surface area contributed by atoms with Gasteiger partial charge in [-0.25, -0.2) is 14.6 Å². The van der Waals surface area contributed by atoms with Crippen molar-refractivity contribution in [3.05, 3.63) is 40.4 Å². The minimum absolute atomic E-state index is 0.146. The van der Waals surface area contributed by atoms with Crippen molar-refractivity contribution in [2.24, 2.45) is 0 Å². The number of rotatable bonds is 3. The fourth-order valence-electron chi connectivity index (χ4n) is 3.29. The van der Waals surface area contributed by atoms with Crippen LogP contribution in [0.25, 0.3) is 11.0 Å². The average molecular weight is 398 g/mol. The molecule has 28 heavy (non-hydrogen) atoms. The van der Waals surface area contributed by atoms with Crippen LogP contribution in [0.3, 0.4) is 0 Å². The first kappa shape index (κ1) is 18.7. The quantitative estimate of drug-likeness (QED) is 0.682. The number of carbonyl (C=O) groups is 1. The molecule has 0 saturated heterocycles. The Morgan fingerprint density at radius 3 is 2.82 bits per heavy atom. The standard InChI is InChI=1S/C19H22N6O2S/c1-11-6-5-7-14(21-11)22-15(26)8-12-10-28-18-23-16-13(17(27)24(12)18)9-20-25(16)19(2,3)4/h5-7,9,12H,8,10H2,1-4H3,(H,21,22,26). The van der Waals surface area contributed by atoms with Gasteiger partial charge in [0.1, 0.15) is 11.2 Å². The number of amides is 1. The Labute approximate surface area is 166 Å². The molecule has 0 radical (unpaired) electrons. The highest BCUT2D eigenvalue weighted by molar-refractivity contribution is 7.99. The zero-order valence-electron chi connectivity index (χ0n) is 16.3. The van der Waals surface area contributed by atoms with Gasteiger partial charge in [0.15, 0.2) is 10.8 Å². The van der Waals surface area contributed by atoms with Gasteiger partial charge in [-0.05, 0) is 39.8 Å². The number of aryl methyl sites for hydroxylation is 1. The van der Waals surface area contributed by atoms with Crippen molar-refractivity contribution in [1.29, 1.82) is 0 Å². The Morgan fingerprint density at radius 1 is 1.32 bits per heavy atom. The number of hydrogen-bond donors (Lipinski definition) is 1. The Hall–Kier alpha value is -2.68. The third-order valence-corrected chi connectivity index (χ3v) is 5.68. The Kier molecular flexibility index (Phi) is 4.49. The largest absolute Gasteiger partial charge is 0.311 e. The molecule has 1 aliphatic rings. The number of fused-ring (bicyclic) bond motifs is 2. The molecule has 0 spiro atoms. The second-order valence-corrected chi connectivity index (χ2v) is 8.90. The molecule has 9 heteroatoms. The van der Waals surface area contributed by atoms with Crippen molar-refractivity contribution in [2.75, 3.05) is 11.1 Å². The number of carbonyl (C=O) groups excluding carboxylic acids is 1. The number of anilines is 1. The highest BCUT2D eigenvalue weighted by Crippen LogP contribution is 2.33. The number of nitrogens with one attached hydrogen (secondary N) is 1. The molecule has 1 aliphatic heterocycles. The van der Waals surface area contributed by atoms with Gasteiger partial charge in [0.25, 0.3) is 5.56 Å². The smallest absolute Gasteiger partial charge is 0.265 e. The fraction of sp³-hybridized carbons (Fsp3) is 0.421. The van der Waals surface area contributed by atoms with Gasteiger partial charge in [0.2, 0.25) is 5.91 Å². The van der Waals surface area contributed by atoms with Crippen molar-refractivity contribution >= 4 is 34.5 Å². The first-order chi connectivity index (χ1) is 13.2. The van der Waals surface area contributed by atoms with E-state index < -0.39 is 0 Å². The lowest BCUT2D eigenvalue weighted by Gasteiger charge is -2.20. The van der Waals surface area contributed by atoms with E-state index in [1.807, 2.05) is 39.8 Å². The van der Waals surface area contributed by atoms with E-state index in [1.165, 1.54) is 11.8 Å². The van der Waals surface area contributed by atoms with Gasteiger partial charge in [-0.3, -0.25) is 14.2 Å². The summed E-state index contributed by atoms with van der Waals surface area (Å²) in [5, 5.41) is 8.28. The summed E-state index contributed by atoms with van der Waals surface area (Å²) >= 11 is 1.49. The summed E-state index contributed by atoms with van der Waals surface area (Å²) in [4.78, 5) is 34.5. The molecule has 0 aromatic carbocycles. The number of nitrogens with zero attached hydrogens (tertiary/aromatic N) is 5. The lowest BCUT2D eigenvalue weighted by Crippen LogP contribution is -2.29. The molecule has 1 N–H and O–H groups in total. The van der Waals surface area contributed by atoms with Gasteiger partial charge in [-0.1, -0.05) is 17.8 Å². The van der Waals surface area contributed by atoms with Crippen LogP contribution in [0.5, 0.6) is 0 Å². The molecule has 0 fully saturated rings. The van der Waals surface area contributed by atoms with E-state index >= 15 is 0 Å². The van der Waals surface area contributed by atoms with Crippen molar-refractivity contribution in [2.45, 2.75) is 50.9 Å². The highest BCUT2D eigenvalue weighted by Gasteiger charge is 2.30. The Morgan fingerprint density at radius 2 is 2.11 bits per heavy atom. The van der Waals surface area contributed by atoms with Gasteiger partial charge in [0, 0.05) is 17.9 Å². The van der Waals surface area contributed by atoms with Crippen molar-refractivity contribution in [1.82, 2.24) is 24.3 Å². The lowest BCUT2D eigenvalue weighted by atomic mass is 10.1. The van der Waals surface area contributed by atoms with E-state index in [0.29, 0.717) is 27.8 Å². The van der Waals surface area contributed by atoms with Crippen LogP contribution < -0.4 is 10.9 Å². The van der Waals surface area contributed by atoms with E-state index in [9.17, 15) is 9.59 Å². The summed E-state index contributed by atoms with van der Waals surface area (Å²) < 4.78 is 3.40. The molecule has 0 aliphatic carbocycles. The molecule has 1 atom stereocenters. The van der Waals surface area contributed by atoms with Crippen molar-refractivity contribution in [3.8, 4) is 0 Å². The predicted octanol–water partition coefficient (Wildman–Crippen LogP) is 2.73. The fourth-order valence-corrected chi connectivity index (χ4v) is 4.42. The first-order valence-corrected chi connectivity index (χ1v) is 10.1. The molecule has 3 aromatic rings. The van der Waals surface area contributed by atoms with Crippen LogP contribution in [-0.4, -0.2) is 36.0 Å². The van der Waals surface area contributed by atoms with Gasteiger partial charge < -0.3 is 5.32 Å². The molecule has 4 heterocycles. The normalized spacial score (nSPS) is 16.4. The first-order valence-electron chi connectivity index (χ1n) is 9.11. The number of thioether (sulfide) groups is 1. The molecular formula is C19H22N6O2S. The second-order valence-electron chi connectivity index (χ2n) is 7.92. The molecule has 3 aromatic heterocycles. The Bertz CT molecular complexity index is 1130. The lowest BCUT2D eigenvalue weighted by molar-refractivity contribution is -0.116. The summed E-state index contributed by atoms with van der Waals surface area (Å²) in [7, 11) is 0. The van der Waals surface area contributed by atoms with Gasteiger partial charge in [0.05, 0.1) is 17.8 Å². The van der Waals surface area contributed by atoms with Gasteiger partial charge in [-0.2, -0.15) is 5.10 Å². The zero-order chi connectivity index (χ0) is 20.1. The van der Waals surface area contributed by atoms with E-state index in [-0.39, 0.29) is 29.5 Å². The molecular weight excluding hydrogens is 376 g/mol. The maximum absolute atomic E-state index is 13.1. The van der Waals surface area contributed by atoms with E-state index in [0.717, 1.165) is 5.69 Å². The molecule has 0 bridgehead atoms. The van der Waals surface area contributed by atoms with Gasteiger partial charge in [-0.15, -0.1) is 0 Å². The van der Waals surface area contributed by atoms with Crippen LogP contribution in [-0.2, 0) is 10.3 Å². The molecule has 1 unspecified atom stereocenters. The summed E-state index contributed by atoms with van der Waals surface area (Å²) in [6.45, 7) is 7.93. The summed E-state index contributed by atoms with van der Waals surface area (Å²) in [5.41, 5.74) is 0.999. The minimum Gasteiger partial charge on any atom is -0.311 e. The monoisotopic (exact) mass is 398 g/mol. The van der Waals surface area contributed by atoms with Crippen LogP contribution in [0.15, 0.2) is 34.3 Å². The summed E-state index contributed by atoms with van der Waals surface area (Å²) in [6.07, 6.45) is 1.76. The summed E-state index contributed by atoms with van der Waals surface area (Å²) in [5.74, 6) is 0.976. The summed E-state index contributed by atoms with van der Waals surface area (Å²) in [6, 6.07) is 5.22.